The normalized spacial score (nSPS) is 14.3. The van der Waals surface area contributed by atoms with Crippen LogP contribution in [-0.2, 0) is 16.1 Å². The minimum atomic E-state index is -0.236. The van der Waals surface area contributed by atoms with E-state index in [-0.39, 0.29) is 18.4 Å². The Morgan fingerprint density at radius 1 is 1.06 bits per heavy atom. The van der Waals surface area contributed by atoms with Crippen molar-refractivity contribution in [3.8, 4) is 11.5 Å². The van der Waals surface area contributed by atoms with Gasteiger partial charge in [0.2, 0.25) is 0 Å². The number of hydrogen-bond acceptors (Lipinski definition) is 6. The lowest BCUT2D eigenvalue weighted by Gasteiger charge is -2.14. The van der Waals surface area contributed by atoms with E-state index in [9.17, 15) is 9.59 Å². The van der Waals surface area contributed by atoms with Gasteiger partial charge in [0, 0.05) is 6.54 Å². The van der Waals surface area contributed by atoms with Gasteiger partial charge in [0.1, 0.15) is 0 Å². The van der Waals surface area contributed by atoms with Crippen LogP contribution in [0.15, 0.2) is 77.7 Å². The van der Waals surface area contributed by atoms with Crippen molar-refractivity contribution in [2.75, 3.05) is 18.6 Å². The van der Waals surface area contributed by atoms with Crippen LogP contribution in [0.25, 0.3) is 6.08 Å². The number of thiocarbonyl (C=S) groups is 1. The lowest BCUT2D eigenvalue weighted by atomic mass is 10.1. The second kappa shape index (κ2) is 11.2. The first-order valence-electron chi connectivity index (χ1n) is 10.9. The highest BCUT2D eigenvalue weighted by atomic mass is 32.2. The summed E-state index contributed by atoms with van der Waals surface area (Å²) in [5.74, 6) is 0.494. The van der Waals surface area contributed by atoms with E-state index in [1.807, 2.05) is 61.5 Å². The largest absolute Gasteiger partial charge is 0.493 e. The Labute approximate surface area is 213 Å². The van der Waals surface area contributed by atoms with Crippen molar-refractivity contribution < 1.29 is 19.1 Å². The van der Waals surface area contributed by atoms with Gasteiger partial charge in [-0.25, -0.2) is 0 Å². The summed E-state index contributed by atoms with van der Waals surface area (Å²) in [6.45, 7) is 2.28. The van der Waals surface area contributed by atoms with Crippen molar-refractivity contribution in [3.63, 3.8) is 0 Å². The van der Waals surface area contributed by atoms with E-state index in [1.54, 1.807) is 24.3 Å². The standard InChI is InChI=1S/C27H24N2O4S2/c1-18-8-11-21(12-9-18)29-26(31)24(35-27(29)34)15-20-10-13-22(23(14-20)32-2)33-17-25(30)28-16-19-6-4-3-5-7-19/h3-15H,16-17H2,1-2H3,(H,28,30)/b24-15-. The Kier molecular flexibility index (Phi) is 7.84. The quantitative estimate of drug-likeness (QED) is 0.340. The van der Waals surface area contributed by atoms with Crippen molar-refractivity contribution in [2.45, 2.75) is 13.5 Å². The molecule has 1 heterocycles. The number of methoxy groups -OCH3 is 1. The molecule has 0 spiro atoms. The molecule has 1 saturated heterocycles. The monoisotopic (exact) mass is 504 g/mol. The lowest BCUT2D eigenvalue weighted by molar-refractivity contribution is -0.123. The number of hydrogen-bond donors (Lipinski definition) is 1. The third-order valence-corrected chi connectivity index (χ3v) is 6.56. The first-order chi connectivity index (χ1) is 16.9. The van der Waals surface area contributed by atoms with Gasteiger partial charge in [-0.3, -0.25) is 14.5 Å². The average molecular weight is 505 g/mol. The van der Waals surface area contributed by atoms with E-state index < -0.39 is 0 Å². The number of nitrogens with one attached hydrogen (secondary N) is 1. The number of ether oxygens (including phenoxy) is 2. The molecule has 8 heteroatoms. The Balaban J connectivity index is 1.41. The third-order valence-electron chi connectivity index (χ3n) is 5.26. The number of carbonyl (C=O) groups excluding carboxylic acids is 2. The zero-order valence-electron chi connectivity index (χ0n) is 19.3. The summed E-state index contributed by atoms with van der Waals surface area (Å²) >= 11 is 6.71. The summed E-state index contributed by atoms with van der Waals surface area (Å²) in [6.07, 6.45) is 1.77. The van der Waals surface area contributed by atoms with Gasteiger partial charge in [-0.2, -0.15) is 0 Å². The number of amides is 2. The molecule has 0 unspecified atom stereocenters. The summed E-state index contributed by atoms with van der Waals surface area (Å²) in [5.41, 5.74) is 3.62. The van der Waals surface area contributed by atoms with E-state index in [0.717, 1.165) is 22.4 Å². The average Bonchev–Trinajstić information content (AvgIpc) is 3.15. The second-order valence-corrected chi connectivity index (χ2v) is 9.49. The molecule has 3 aromatic rings. The SMILES string of the molecule is COc1cc(/C=C2\SC(=S)N(c3ccc(C)cc3)C2=O)ccc1OCC(=O)NCc1ccccc1. The highest BCUT2D eigenvalue weighted by molar-refractivity contribution is 8.27. The van der Waals surface area contributed by atoms with Crippen LogP contribution in [0, 0.1) is 6.92 Å². The molecular formula is C27H24N2O4S2. The van der Waals surface area contributed by atoms with Crippen LogP contribution in [0.3, 0.4) is 0 Å². The summed E-state index contributed by atoms with van der Waals surface area (Å²) < 4.78 is 11.6. The molecular weight excluding hydrogens is 480 g/mol. The van der Waals surface area contributed by atoms with Crippen molar-refractivity contribution in [1.29, 1.82) is 0 Å². The summed E-state index contributed by atoms with van der Waals surface area (Å²) in [5, 5.41) is 2.82. The number of thioether (sulfide) groups is 1. The summed E-state index contributed by atoms with van der Waals surface area (Å²) in [4.78, 5) is 27.2. The molecule has 1 fully saturated rings. The van der Waals surface area contributed by atoms with E-state index in [1.165, 1.54) is 23.8 Å². The highest BCUT2D eigenvalue weighted by Gasteiger charge is 2.33. The van der Waals surface area contributed by atoms with Crippen LogP contribution >= 0.6 is 24.0 Å². The lowest BCUT2D eigenvalue weighted by Crippen LogP contribution is -2.28. The maximum Gasteiger partial charge on any atom is 0.270 e. The maximum atomic E-state index is 13.0. The molecule has 0 aliphatic carbocycles. The van der Waals surface area contributed by atoms with Crippen molar-refractivity contribution in [1.82, 2.24) is 5.32 Å². The van der Waals surface area contributed by atoms with Gasteiger partial charge >= 0.3 is 0 Å². The Morgan fingerprint density at radius 2 is 1.80 bits per heavy atom. The molecule has 1 aliphatic heterocycles. The molecule has 1 aliphatic rings. The van der Waals surface area contributed by atoms with Gasteiger partial charge in [-0.1, -0.05) is 78.1 Å². The fourth-order valence-electron chi connectivity index (χ4n) is 3.42. The van der Waals surface area contributed by atoms with Crippen LogP contribution in [0.5, 0.6) is 11.5 Å². The molecule has 35 heavy (non-hydrogen) atoms. The number of carbonyl (C=O) groups is 2. The van der Waals surface area contributed by atoms with Crippen molar-refractivity contribution in [3.05, 3.63) is 94.4 Å². The predicted octanol–water partition coefficient (Wildman–Crippen LogP) is 5.10. The number of rotatable bonds is 8. The smallest absolute Gasteiger partial charge is 0.270 e. The summed E-state index contributed by atoms with van der Waals surface area (Å²) in [6, 6.07) is 22.6. The van der Waals surface area contributed by atoms with E-state index in [4.69, 9.17) is 21.7 Å². The number of benzene rings is 3. The van der Waals surface area contributed by atoms with Gasteiger partial charge in [-0.15, -0.1) is 0 Å². The van der Waals surface area contributed by atoms with Crippen LogP contribution < -0.4 is 19.7 Å². The van der Waals surface area contributed by atoms with Gasteiger partial charge in [0.25, 0.3) is 11.8 Å². The third kappa shape index (κ3) is 6.09. The molecule has 4 rings (SSSR count). The number of anilines is 1. The van der Waals surface area contributed by atoms with E-state index in [2.05, 4.69) is 5.32 Å². The molecule has 0 radical (unpaired) electrons. The minimum absolute atomic E-state index is 0.141. The van der Waals surface area contributed by atoms with Gasteiger partial charge in [0.05, 0.1) is 17.7 Å². The van der Waals surface area contributed by atoms with Gasteiger partial charge in [0.15, 0.2) is 22.4 Å². The van der Waals surface area contributed by atoms with Gasteiger partial charge in [-0.05, 0) is 48.4 Å². The van der Waals surface area contributed by atoms with Crippen LogP contribution in [-0.4, -0.2) is 29.9 Å². The van der Waals surface area contributed by atoms with E-state index in [0.29, 0.717) is 27.3 Å². The van der Waals surface area contributed by atoms with Crippen molar-refractivity contribution in [2.24, 2.45) is 0 Å². The fraction of sp³-hybridized carbons (Fsp3) is 0.148. The Hall–Kier alpha value is -3.62. The topological polar surface area (TPSA) is 67.9 Å². The minimum Gasteiger partial charge on any atom is -0.493 e. The highest BCUT2D eigenvalue weighted by Crippen LogP contribution is 2.37. The molecule has 1 N–H and O–H groups in total. The second-order valence-electron chi connectivity index (χ2n) is 7.81. The molecule has 0 saturated carbocycles. The maximum absolute atomic E-state index is 13.0. The zero-order chi connectivity index (χ0) is 24.8. The van der Waals surface area contributed by atoms with E-state index >= 15 is 0 Å². The molecule has 2 amide bonds. The molecule has 178 valence electrons. The fourth-order valence-corrected chi connectivity index (χ4v) is 4.72. The first kappa shape index (κ1) is 24.5. The predicted molar refractivity (Wildman–Crippen MR) is 144 cm³/mol. The number of aryl methyl sites for hydroxylation is 1. The summed E-state index contributed by atoms with van der Waals surface area (Å²) in [7, 11) is 1.53. The molecule has 3 aromatic carbocycles. The molecule has 0 bridgehead atoms. The van der Waals surface area contributed by atoms with Crippen LogP contribution in [0.2, 0.25) is 0 Å². The van der Waals surface area contributed by atoms with Crippen LogP contribution in [0.4, 0.5) is 5.69 Å². The zero-order valence-corrected chi connectivity index (χ0v) is 20.9. The van der Waals surface area contributed by atoms with Crippen LogP contribution in [0.1, 0.15) is 16.7 Å². The molecule has 0 atom stereocenters. The van der Waals surface area contributed by atoms with Gasteiger partial charge < -0.3 is 14.8 Å². The Bertz CT molecular complexity index is 1270. The first-order valence-corrected chi connectivity index (χ1v) is 12.1. The molecule has 0 aromatic heterocycles. The van der Waals surface area contributed by atoms with Crippen molar-refractivity contribution >= 4 is 51.9 Å². The molecule has 6 nitrogen and oxygen atoms in total. The Morgan fingerprint density at radius 3 is 2.51 bits per heavy atom. The number of nitrogens with zero attached hydrogens (tertiary/aromatic N) is 1.